The van der Waals surface area contributed by atoms with Gasteiger partial charge in [-0.15, -0.1) is 0 Å². The van der Waals surface area contributed by atoms with Crippen LogP contribution in [-0.2, 0) is 9.47 Å². The van der Waals surface area contributed by atoms with E-state index in [0.29, 0.717) is 49.1 Å². The Balaban J connectivity index is 1.73. The van der Waals surface area contributed by atoms with Gasteiger partial charge in [-0.05, 0) is 51.0 Å². The molecule has 1 saturated heterocycles. The summed E-state index contributed by atoms with van der Waals surface area (Å²) in [6, 6.07) is 11.7. The van der Waals surface area contributed by atoms with Gasteiger partial charge in [0.1, 0.15) is 18.3 Å². The van der Waals surface area contributed by atoms with Gasteiger partial charge in [0, 0.05) is 44.6 Å². The van der Waals surface area contributed by atoms with E-state index in [9.17, 15) is 20.6 Å². The quantitative estimate of drug-likeness (QED) is 0.511. The Kier molecular flexibility index (Phi) is 9.31. The van der Waals surface area contributed by atoms with Crippen molar-refractivity contribution < 1.29 is 23.7 Å². The summed E-state index contributed by atoms with van der Waals surface area (Å²) in [5, 5.41) is 30.9. The normalized spacial score (nSPS) is 22.1. The molecule has 222 valence electrons. The number of hydrogen-bond acceptors (Lipinski definition) is 10. The average molecular weight is 575 g/mol. The number of fused-ring (bicyclic) bond motifs is 1. The lowest BCUT2D eigenvalue weighted by molar-refractivity contribution is 0.0224. The average Bonchev–Trinajstić information content (AvgIpc) is 2.97. The molecule has 0 spiro atoms. The summed E-state index contributed by atoms with van der Waals surface area (Å²) in [4.78, 5) is 16.8. The number of amides is 1. The first kappa shape index (κ1) is 30.7. The second-order valence-corrected chi connectivity index (χ2v) is 11.5. The maximum absolute atomic E-state index is 13.0. The van der Waals surface area contributed by atoms with Crippen LogP contribution >= 0.6 is 0 Å². The summed E-state index contributed by atoms with van der Waals surface area (Å²) in [6.45, 7) is 12.2. The van der Waals surface area contributed by atoms with E-state index in [2.05, 4.69) is 23.1 Å². The molecule has 42 heavy (non-hydrogen) atoms. The number of rotatable bonds is 7. The summed E-state index contributed by atoms with van der Waals surface area (Å²) < 4.78 is 23.1. The van der Waals surface area contributed by atoms with Gasteiger partial charge < -0.3 is 29.6 Å². The van der Waals surface area contributed by atoms with E-state index < -0.39 is 28.9 Å². The van der Waals surface area contributed by atoms with Gasteiger partial charge in [0.05, 0.1) is 43.2 Å². The molecule has 0 bridgehead atoms. The Morgan fingerprint density at radius 2 is 1.86 bits per heavy atom. The molecule has 1 amide bonds. The molecule has 1 aliphatic carbocycles. The van der Waals surface area contributed by atoms with Crippen LogP contribution in [0, 0.1) is 45.3 Å². The summed E-state index contributed by atoms with van der Waals surface area (Å²) in [5.74, 6) is -0.362. The Hall–Kier alpha value is -4.24. The number of nitrogens with zero attached hydrogens (tertiary/aromatic N) is 5. The predicted molar refractivity (Wildman–Crippen MR) is 153 cm³/mol. The number of carbonyl (C=O) groups excluding carboxylic acids is 1. The van der Waals surface area contributed by atoms with Gasteiger partial charge in [-0.25, -0.2) is 4.79 Å². The Morgan fingerprint density at radius 3 is 2.48 bits per heavy atom. The summed E-state index contributed by atoms with van der Waals surface area (Å²) in [7, 11) is 0. The largest absolute Gasteiger partial charge is 0.490 e. The van der Waals surface area contributed by atoms with Crippen LogP contribution < -0.4 is 15.2 Å². The van der Waals surface area contributed by atoms with Crippen LogP contribution in [-0.4, -0.2) is 80.6 Å². The molecule has 0 saturated carbocycles. The molecule has 1 aromatic carbocycles. The van der Waals surface area contributed by atoms with Crippen LogP contribution in [0.1, 0.15) is 39.2 Å². The second-order valence-electron chi connectivity index (χ2n) is 11.5. The number of carbonyl (C=O) groups is 1. The van der Waals surface area contributed by atoms with Crippen molar-refractivity contribution in [3.8, 4) is 29.7 Å². The number of ether oxygens (including phenoxy) is 4. The summed E-state index contributed by atoms with van der Waals surface area (Å²) in [6.07, 6.45) is 1.25. The number of morpholine rings is 1. The van der Waals surface area contributed by atoms with Gasteiger partial charge in [0.25, 0.3) is 0 Å². The van der Waals surface area contributed by atoms with Crippen molar-refractivity contribution in [2.45, 2.75) is 39.2 Å². The van der Waals surface area contributed by atoms with Crippen molar-refractivity contribution in [1.82, 2.24) is 9.80 Å². The molecule has 0 unspecified atom stereocenters. The Labute approximate surface area is 247 Å². The molecule has 4 rings (SSSR count). The molecule has 1 aromatic rings. The number of benzene rings is 1. The highest BCUT2D eigenvalue weighted by Crippen LogP contribution is 2.55. The zero-order valence-corrected chi connectivity index (χ0v) is 24.7. The number of hydrogen-bond donors (Lipinski definition) is 1. The van der Waals surface area contributed by atoms with E-state index in [1.807, 2.05) is 6.92 Å². The van der Waals surface area contributed by atoms with Crippen molar-refractivity contribution >= 4 is 6.09 Å². The molecule has 1 fully saturated rings. The smallest absolute Gasteiger partial charge is 0.410 e. The van der Waals surface area contributed by atoms with E-state index in [4.69, 9.17) is 24.7 Å². The van der Waals surface area contributed by atoms with Gasteiger partial charge in [0.15, 0.2) is 16.9 Å². The Morgan fingerprint density at radius 1 is 1.14 bits per heavy atom. The summed E-state index contributed by atoms with van der Waals surface area (Å²) >= 11 is 0. The van der Waals surface area contributed by atoms with Crippen molar-refractivity contribution in [2.75, 3.05) is 59.2 Å². The molecule has 2 atom stereocenters. The molecular weight excluding hydrogens is 536 g/mol. The first-order valence-corrected chi connectivity index (χ1v) is 14.2. The number of allylic oxidation sites excluding steroid dienone is 2. The van der Waals surface area contributed by atoms with Crippen LogP contribution in [0.15, 0.2) is 41.1 Å². The fraction of sp³-hybridized carbons (Fsp3) is 0.548. The maximum Gasteiger partial charge on any atom is 0.410 e. The molecular formula is C31H38N6O5. The third kappa shape index (κ3) is 6.16. The third-order valence-electron chi connectivity index (χ3n) is 7.71. The topological polar surface area (TPSA) is 158 Å². The highest BCUT2D eigenvalue weighted by atomic mass is 16.6. The van der Waals surface area contributed by atoms with Gasteiger partial charge >= 0.3 is 6.09 Å². The molecule has 11 nitrogen and oxygen atoms in total. The third-order valence-corrected chi connectivity index (χ3v) is 7.71. The van der Waals surface area contributed by atoms with E-state index >= 15 is 0 Å². The molecule has 11 heteroatoms. The van der Waals surface area contributed by atoms with Crippen LogP contribution in [0.2, 0.25) is 0 Å². The van der Waals surface area contributed by atoms with E-state index in [-0.39, 0.29) is 24.4 Å². The molecule has 0 radical (unpaired) electrons. The number of nitriles is 3. The van der Waals surface area contributed by atoms with Gasteiger partial charge in [-0.3, -0.25) is 4.90 Å². The van der Waals surface area contributed by atoms with Crippen molar-refractivity contribution in [3.05, 3.63) is 46.7 Å². The molecule has 0 aromatic heterocycles. The lowest BCUT2D eigenvalue weighted by atomic mass is 9.58. The SMILES string of the molecule is CCOc1cc([C@@H]2[C@@H]3CN(C(=O)OC(C)(C)C)CC=C3C(C#N)=C(N)C2(C#N)C#N)ccc1OCCN1CCOCC1. The van der Waals surface area contributed by atoms with E-state index in [1.165, 1.54) is 4.90 Å². The van der Waals surface area contributed by atoms with Gasteiger partial charge in [-0.2, -0.15) is 15.8 Å². The second kappa shape index (κ2) is 12.7. The minimum atomic E-state index is -1.85. The molecule has 3 aliphatic rings. The molecule has 2 N–H and O–H groups in total. The highest BCUT2D eigenvalue weighted by Gasteiger charge is 2.55. The van der Waals surface area contributed by atoms with Crippen molar-refractivity contribution in [2.24, 2.45) is 17.1 Å². The number of nitrogens with two attached hydrogens (primary N) is 1. The molecule has 2 heterocycles. The van der Waals surface area contributed by atoms with E-state index in [1.54, 1.807) is 45.0 Å². The van der Waals surface area contributed by atoms with Crippen LogP contribution in [0.4, 0.5) is 4.79 Å². The minimum absolute atomic E-state index is 0.0861. The monoisotopic (exact) mass is 574 g/mol. The van der Waals surface area contributed by atoms with Crippen molar-refractivity contribution in [1.29, 1.82) is 15.8 Å². The lowest BCUT2D eigenvalue weighted by Gasteiger charge is -2.45. The summed E-state index contributed by atoms with van der Waals surface area (Å²) in [5.41, 5.74) is 5.15. The maximum atomic E-state index is 13.0. The first-order valence-electron chi connectivity index (χ1n) is 14.2. The highest BCUT2D eigenvalue weighted by molar-refractivity contribution is 5.70. The van der Waals surface area contributed by atoms with Crippen LogP contribution in [0.5, 0.6) is 11.5 Å². The standard InChI is InChI=1S/C31H38N6O5/c1-5-40-26-16-21(6-7-25(26)41-15-12-36-10-13-39-14-11-36)27-24-18-37(29(38)42-30(2,3)4)9-8-22(24)23(17-32)28(35)31(27,19-33)20-34/h6-8,16,24,27H,5,9-15,18,35H2,1-4H3/t24-,27-/m1/s1. The van der Waals surface area contributed by atoms with Crippen LogP contribution in [0.25, 0.3) is 0 Å². The lowest BCUT2D eigenvalue weighted by Crippen LogP contribution is -2.50. The minimum Gasteiger partial charge on any atom is -0.490 e. The van der Waals surface area contributed by atoms with Gasteiger partial charge in [-0.1, -0.05) is 12.1 Å². The molecule has 2 aliphatic heterocycles. The first-order chi connectivity index (χ1) is 20.1. The zero-order chi connectivity index (χ0) is 30.5. The fourth-order valence-electron chi connectivity index (χ4n) is 5.75. The van der Waals surface area contributed by atoms with Gasteiger partial charge in [0.2, 0.25) is 0 Å². The van der Waals surface area contributed by atoms with Crippen LogP contribution in [0.3, 0.4) is 0 Å². The van der Waals surface area contributed by atoms with E-state index in [0.717, 1.165) is 19.6 Å². The zero-order valence-electron chi connectivity index (χ0n) is 24.7. The Bertz CT molecular complexity index is 1360. The van der Waals surface area contributed by atoms with Crippen molar-refractivity contribution in [3.63, 3.8) is 0 Å². The predicted octanol–water partition coefficient (Wildman–Crippen LogP) is 3.46. The fourth-order valence-corrected chi connectivity index (χ4v) is 5.75.